The number of aliphatic hydroxyl groups excluding tert-OH is 2. The lowest BCUT2D eigenvalue weighted by Crippen LogP contribution is -2.28. The van der Waals surface area contributed by atoms with Crippen LogP contribution in [0.3, 0.4) is 0 Å². The summed E-state index contributed by atoms with van der Waals surface area (Å²) in [7, 11) is 0. The van der Waals surface area contributed by atoms with Crippen LogP contribution >= 0.6 is 15.9 Å². The van der Waals surface area contributed by atoms with Crippen LogP contribution in [0.2, 0.25) is 0 Å². The van der Waals surface area contributed by atoms with Gasteiger partial charge in [0.05, 0.1) is 24.2 Å². The van der Waals surface area contributed by atoms with Crippen molar-refractivity contribution in [2.75, 3.05) is 6.54 Å². The highest BCUT2D eigenvalue weighted by Gasteiger charge is 2.19. The second-order valence-electron chi connectivity index (χ2n) is 3.55. The summed E-state index contributed by atoms with van der Waals surface area (Å²) in [5.41, 5.74) is 0.295. The van der Waals surface area contributed by atoms with Gasteiger partial charge in [0.2, 0.25) is 5.91 Å². The fourth-order valence-corrected chi connectivity index (χ4v) is 1.43. The Morgan fingerprint density at radius 2 is 2.18 bits per heavy atom. The Bertz CT molecular complexity index is 372. The molecule has 1 amide bonds. The smallest absolute Gasteiger partial charge is 0.216 e. The highest BCUT2D eigenvalue weighted by molar-refractivity contribution is 9.10. The summed E-state index contributed by atoms with van der Waals surface area (Å²) < 4.78 is 0.557. The second kappa shape index (κ2) is 6.63. The van der Waals surface area contributed by atoms with E-state index in [2.05, 4.69) is 31.2 Å². The predicted molar refractivity (Wildman–Crippen MR) is 64.0 cm³/mol. The summed E-state index contributed by atoms with van der Waals surface area (Å²) in [6.07, 6.45) is 0.982. The first-order chi connectivity index (χ1) is 8.00. The monoisotopic (exact) mass is 303 g/mol. The van der Waals surface area contributed by atoms with E-state index >= 15 is 0 Å². The molecule has 3 N–H and O–H groups in total. The Labute approximate surface area is 107 Å². The summed E-state index contributed by atoms with van der Waals surface area (Å²) in [6.45, 7) is 1.69. The lowest BCUT2D eigenvalue weighted by Gasteiger charge is -2.16. The standard InChI is InChI=1S/C10H14BrN3O3/c1-6(15)12-3-2-8(16)10(17)7-4-14-9(11)5-13-7/h4-5,8,10,16-17H,2-3H2,1H3,(H,12,15). The molecule has 0 bridgehead atoms. The number of carbonyl (C=O) groups is 1. The number of hydrogen-bond donors (Lipinski definition) is 3. The van der Waals surface area contributed by atoms with E-state index in [0.29, 0.717) is 16.8 Å². The molecule has 0 aliphatic heterocycles. The molecule has 1 rings (SSSR count). The lowest BCUT2D eigenvalue weighted by atomic mass is 10.1. The largest absolute Gasteiger partial charge is 0.390 e. The van der Waals surface area contributed by atoms with Crippen LogP contribution in [0.5, 0.6) is 0 Å². The number of aliphatic hydroxyl groups is 2. The number of nitrogens with zero attached hydrogens (tertiary/aromatic N) is 2. The fourth-order valence-electron chi connectivity index (χ4n) is 1.23. The van der Waals surface area contributed by atoms with Gasteiger partial charge in [0.25, 0.3) is 0 Å². The number of carbonyl (C=O) groups excluding carboxylic acids is 1. The van der Waals surface area contributed by atoms with Crippen LogP contribution in [-0.4, -0.2) is 38.7 Å². The maximum absolute atomic E-state index is 10.6. The Hall–Kier alpha value is -1.05. The highest BCUT2D eigenvalue weighted by Crippen LogP contribution is 2.16. The number of amides is 1. The van der Waals surface area contributed by atoms with E-state index in [9.17, 15) is 15.0 Å². The van der Waals surface area contributed by atoms with Gasteiger partial charge in [-0.05, 0) is 22.4 Å². The topological polar surface area (TPSA) is 95.3 Å². The van der Waals surface area contributed by atoms with Crippen LogP contribution < -0.4 is 5.32 Å². The molecule has 0 radical (unpaired) electrons. The molecule has 17 heavy (non-hydrogen) atoms. The van der Waals surface area contributed by atoms with Crippen molar-refractivity contribution in [1.82, 2.24) is 15.3 Å². The van der Waals surface area contributed by atoms with Crippen molar-refractivity contribution in [2.24, 2.45) is 0 Å². The molecule has 2 atom stereocenters. The number of aromatic nitrogens is 2. The normalized spacial score (nSPS) is 14.1. The van der Waals surface area contributed by atoms with Gasteiger partial charge in [-0.25, -0.2) is 4.98 Å². The molecule has 1 heterocycles. The molecular formula is C10H14BrN3O3. The molecule has 6 nitrogen and oxygen atoms in total. The Morgan fingerprint density at radius 1 is 1.47 bits per heavy atom. The molecule has 0 fully saturated rings. The third kappa shape index (κ3) is 4.76. The molecule has 1 aromatic heterocycles. The van der Waals surface area contributed by atoms with E-state index in [1.807, 2.05) is 0 Å². The van der Waals surface area contributed by atoms with Gasteiger partial charge in [-0.15, -0.1) is 0 Å². The van der Waals surface area contributed by atoms with Crippen molar-refractivity contribution in [2.45, 2.75) is 25.6 Å². The Morgan fingerprint density at radius 3 is 2.71 bits per heavy atom. The lowest BCUT2D eigenvalue weighted by molar-refractivity contribution is -0.119. The number of nitrogens with one attached hydrogen (secondary N) is 1. The predicted octanol–water partition coefficient (Wildman–Crippen LogP) is 0.160. The summed E-state index contributed by atoms with van der Waals surface area (Å²) in [5.74, 6) is -0.171. The van der Waals surface area contributed by atoms with E-state index in [-0.39, 0.29) is 12.3 Å². The molecule has 0 aliphatic carbocycles. The van der Waals surface area contributed by atoms with Gasteiger partial charge < -0.3 is 15.5 Å². The van der Waals surface area contributed by atoms with E-state index in [1.54, 1.807) is 0 Å². The zero-order valence-electron chi connectivity index (χ0n) is 9.30. The zero-order valence-corrected chi connectivity index (χ0v) is 10.9. The summed E-state index contributed by atoms with van der Waals surface area (Å²) in [6, 6.07) is 0. The molecule has 7 heteroatoms. The van der Waals surface area contributed by atoms with Crippen molar-refractivity contribution in [3.63, 3.8) is 0 Å². The van der Waals surface area contributed by atoms with Crippen LogP contribution in [-0.2, 0) is 4.79 Å². The SMILES string of the molecule is CC(=O)NCCC(O)C(O)c1cnc(Br)cn1. The first-order valence-electron chi connectivity index (χ1n) is 5.08. The van der Waals surface area contributed by atoms with Gasteiger partial charge in [-0.2, -0.15) is 0 Å². The molecule has 94 valence electrons. The first kappa shape index (κ1) is 14.0. The molecule has 0 aliphatic rings. The minimum atomic E-state index is -1.11. The van der Waals surface area contributed by atoms with Crippen molar-refractivity contribution >= 4 is 21.8 Å². The quantitative estimate of drug-likeness (QED) is 0.720. The van der Waals surface area contributed by atoms with E-state index in [4.69, 9.17) is 0 Å². The van der Waals surface area contributed by atoms with Crippen LogP contribution in [0.4, 0.5) is 0 Å². The molecule has 0 saturated heterocycles. The second-order valence-corrected chi connectivity index (χ2v) is 4.36. The zero-order chi connectivity index (χ0) is 12.8. The third-order valence-electron chi connectivity index (χ3n) is 2.12. The maximum atomic E-state index is 10.6. The van der Waals surface area contributed by atoms with Crippen LogP contribution in [0.25, 0.3) is 0 Å². The Kier molecular flexibility index (Phi) is 5.46. The highest BCUT2D eigenvalue weighted by atomic mass is 79.9. The van der Waals surface area contributed by atoms with Crippen molar-refractivity contribution < 1.29 is 15.0 Å². The minimum Gasteiger partial charge on any atom is -0.390 e. The van der Waals surface area contributed by atoms with Crippen molar-refractivity contribution in [3.8, 4) is 0 Å². The molecule has 0 spiro atoms. The molecular weight excluding hydrogens is 290 g/mol. The summed E-state index contributed by atoms with van der Waals surface area (Å²) >= 11 is 3.12. The van der Waals surface area contributed by atoms with Crippen LogP contribution in [0, 0.1) is 0 Å². The van der Waals surface area contributed by atoms with Gasteiger partial charge in [-0.1, -0.05) is 0 Å². The molecule has 0 aromatic carbocycles. The molecule has 1 aromatic rings. The van der Waals surface area contributed by atoms with Gasteiger partial charge in [-0.3, -0.25) is 9.78 Å². The number of hydrogen-bond acceptors (Lipinski definition) is 5. The van der Waals surface area contributed by atoms with Crippen molar-refractivity contribution in [1.29, 1.82) is 0 Å². The minimum absolute atomic E-state index is 0.171. The van der Waals surface area contributed by atoms with Crippen LogP contribution in [0.1, 0.15) is 25.1 Å². The van der Waals surface area contributed by atoms with Crippen LogP contribution in [0.15, 0.2) is 17.0 Å². The Balaban J connectivity index is 2.48. The number of rotatable bonds is 5. The summed E-state index contributed by atoms with van der Waals surface area (Å²) in [4.78, 5) is 18.5. The average molecular weight is 304 g/mol. The van der Waals surface area contributed by atoms with Gasteiger partial charge >= 0.3 is 0 Å². The first-order valence-corrected chi connectivity index (χ1v) is 5.88. The summed E-state index contributed by atoms with van der Waals surface area (Å²) in [5, 5.41) is 22.0. The average Bonchev–Trinajstić information content (AvgIpc) is 2.28. The third-order valence-corrected chi connectivity index (χ3v) is 2.53. The number of halogens is 1. The van der Waals surface area contributed by atoms with Crippen molar-refractivity contribution in [3.05, 3.63) is 22.7 Å². The molecule has 2 unspecified atom stereocenters. The fraction of sp³-hybridized carbons (Fsp3) is 0.500. The van der Waals surface area contributed by atoms with Gasteiger partial charge in [0, 0.05) is 13.5 Å². The van der Waals surface area contributed by atoms with Gasteiger partial charge in [0.15, 0.2) is 0 Å². The van der Waals surface area contributed by atoms with E-state index < -0.39 is 12.2 Å². The van der Waals surface area contributed by atoms with E-state index in [1.165, 1.54) is 19.3 Å². The molecule has 0 saturated carbocycles. The van der Waals surface area contributed by atoms with Gasteiger partial charge in [0.1, 0.15) is 10.7 Å². The van der Waals surface area contributed by atoms with E-state index in [0.717, 1.165) is 0 Å². The maximum Gasteiger partial charge on any atom is 0.216 e.